The standard InChI is InChI=1S/C9H18N.Ru/c1-8(2)10-6-4-9(3)5-7-10;/h8H,4-7H2,1-3H3;/q-1;+1. The molecule has 0 aliphatic carbocycles. The van der Waals surface area contributed by atoms with Crippen molar-refractivity contribution in [2.75, 3.05) is 13.1 Å². The number of hydrogen-bond donors (Lipinski definition) is 0. The van der Waals surface area contributed by atoms with Gasteiger partial charge in [0.15, 0.2) is 0 Å². The topological polar surface area (TPSA) is 3.24 Å². The summed E-state index contributed by atoms with van der Waals surface area (Å²) in [5.41, 5.74) is 0. The van der Waals surface area contributed by atoms with Crippen molar-refractivity contribution in [2.24, 2.45) is 0 Å². The molecule has 2 heteroatoms. The van der Waals surface area contributed by atoms with Gasteiger partial charge in [-0.3, -0.25) is 0 Å². The second-order valence-electron chi connectivity index (χ2n) is 3.59. The van der Waals surface area contributed by atoms with Crippen LogP contribution in [-0.2, 0) is 19.5 Å². The Morgan fingerprint density at radius 2 is 1.64 bits per heavy atom. The fourth-order valence-electron chi connectivity index (χ4n) is 1.42. The summed E-state index contributed by atoms with van der Waals surface area (Å²) in [6.07, 6.45) is 2.64. The van der Waals surface area contributed by atoms with Crippen LogP contribution < -0.4 is 0 Å². The predicted molar refractivity (Wildman–Crippen MR) is 44.9 cm³/mol. The molecule has 1 fully saturated rings. The summed E-state index contributed by atoms with van der Waals surface area (Å²) in [5.74, 6) is 1.68. The Labute approximate surface area is 83.3 Å². The maximum absolute atomic E-state index is 2.55. The van der Waals surface area contributed by atoms with Crippen LogP contribution in [0.15, 0.2) is 0 Å². The van der Waals surface area contributed by atoms with Crippen molar-refractivity contribution in [3.63, 3.8) is 0 Å². The van der Waals surface area contributed by atoms with E-state index < -0.39 is 0 Å². The van der Waals surface area contributed by atoms with Gasteiger partial charge < -0.3 is 10.8 Å². The minimum Gasteiger partial charge on any atom is -0.314 e. The first kappa shape index (κ1) is 11.6. The Bertz CT molecular complexity index is 95.7. The molecule has 0 atom stereocenters. The Hall–Kier alpha value is 0.583. The maximum atomic E-state index is 2.55. The van der Waals surface area contributed by atoms with E-state index in [1.165, 1.54) is 25.9 Å². The van der Waals surface area contributed by atoms with Gasteiger partial charge in [-0.25, -0.2) is 0 Å². The van der Waals surface area contributed by atoms with Gasteiger partial charge in [-0.05, 0) is 26.9 Å². The maximum Gasteiger partial charge on any atom is 1.00 e. The summed E-state index contributed by atoms with van der Waals surface area (Å²) in [6, 6.07) is 0.744. The van der Waals surface area contributed by atoms with Gasteiger partial charge in [0.05, 0.1) is 0 Å². The summed E-state index contributed by atoms with van der Waals surface area (Å²) < 4.78 is 0. The first-order chi connectivity index (χ1) is 4.70. The van der Waals surface area contributed by atoms with Crippen LogP contribution in [-0.4, -0.2) is 24.0 Å². The van der Waals surface area contributed by atoms with Gasteiger partial charge in [0, 0.05) is 6.04 Å². The molecular weight excluding hydrogens is 223 g/mol. The zero-order valence-electron chi connectivity index (χ0n) is 7.71. The molecule has 0 unspecified atom stereocenters. The van der Waals surface area contributed by atoms with Gasteiger partial charge >= 0.3 is 19.5 Å². The van der Waals surface area contributed by atoms with Crippen LogP contribution in [0.2, 0.25) is 0 Å². The van der Waals surface area contributed by atoms with Crippen molar-refractivity contribution < 1.29 is 19.5 Å². The van der Waals surface area contributed by atoms with E-state index >= 15 is 0 Å². The zero-order valence-corrected chi connectivity index (χ0v) is 9.44. The van der Waals surface area contributed by atoms with Crippen molar-refractivity contribution >= 4 is 0 Å². The minimum atomic E-state index is 0. The second-order valence-corrected chi connectivity index (χ2v) is 3.59. The van der Waals surface area contributed by atoms with Crippen LogP contribution in [0.1, 0.15) is 33.6 Å². The molecule has 1 saturated heterocycles. The first-order valence-corrected chi connectivity index (χ1v) is 4.25. The molecule has 1 radical (unpaired) electrons. The van der Waals surface area contributed by atoms with E-state index in [0.29, 0.717) is 0 Å². The molecule has 1 rings (SSSR count). The van der Waals surface area contributed by atoms with Crippen LogP contribution in [0.3, 0.4) is 0 Å². The van der Waals surface area contributed by atoms with Gasteiger partial charge in [0.25, 0.3) is 0 Å². The average molecular weight is 241 g/mol. The Kier molecular flexibility index (Phi) is 5.55. The third-order valence-electron chi connectivity index (χ3n) is 2.38. The predicted octanol–water partition coefficient (Wildman–Crippen LogP) is 2.08. The molecule has 0 saturated carbocycles. The molecule has 0 aromatic rings. The molecule has 0 aromatic carbocycles. The van der Waals surface area contributed by atoms with E-state index in [2.05, 4.69) is 25.7 Å². The number of likely N-dealkylation sites (tertiary alicyclic amines) is 1. The summed E-state index contributed by atoms with van der Waals surface area (Å²) in [4.78, 5) is 2.55. The first-order valence-electron chi connectivity index (χ1n) is 4.25. The third-order valence-corrected chi connectivity index (χ3v) is 2.38. The van der Waals surface area contributed by atoms with E-state index in [1.54, 1.807) is 5.92 Å². The molecule has 1 heterocycles. The molecule has 11 heavy (non-hydrogen) atoms. The van der Waals surface area contributed by atoms with Gasteiger partial charge in [0.2, 0.25) is 0 Å². The van der Waals surface area contributed by atoms with Crippen molar-refractivity contribution in [3.05, 3.63) is 5.92 Å². The Morgan fingerprint density at radius 3 is 2.00 bits per heavy atom. The number of piperidine rings is 1. The van der Waals surface area contributed by atoms with Gasteiger partial charge in [-0.2, -0.15) is 19.8 Å². The van der Waals surface area contributed by atoms with Crippen LogP contribution >= 0.6 is 0 Å². The second kappa shape index (κ2) is 5.27. The van der Waals surface area contributed by atoms with Crippen LogP contribution in [0.5, 0.6) is 0 Å². The minimum absolute atomic E-state index is 0. The molecule has 0 aromatic heterocycles. The number of nitrogens with zero attached hydrogens (tertiary/aromatic N) is 1. The molecule has 0 N–H and O–H groups in total. The van der Waals surface area contributed by atoms with E-state index in [1.807, 2.05) is 0 Å². The fraction of sp³-hybridized carbons (Fsp3) is 0.889. The number of hydrogen-bond acceptors (Lipinski definition) is 1. The van der Waals surface area contributed by atoms with Crippen LogP contribution in [0.4, 0.5) is 0 Å². The number of rotatable bonds is 1. The van der Waals surface area contributed by atoms with Crippen molar-refractivity contribution in [1.82, 2.24) is 4.90 Å². The zero-order chi connectivity index (χ0) is 7.56. The summed E-state index contributed by atoms with van der Waals surface area (Å²) in [5, 5.41) is 0. The normalized spacial score (nSPS) is 21.8. The largest absolute Gasteiger partial charge is 1.00 e. The summed E-state index contributed by atoms with van der Waals surface area (Å²) in [7, 11) is 0. The molecule has 0 amide bonds. The van der Waals surface area contributed by atoms with Crippen LogP contribution in [0.25, 0.3) is 0 Å². The quantitative estimate of drug-likeness (QED) is 0.502. The molecule has 1 aliphatic heterocycles. The summed E-state index contributed by atoms with van der Waals surface area (Å²) in [6.45, 7) is 9.39. The summed E-state index contributed by atoms with van der Waals surface area (Å²) >= 11 is 0. The molecular formula is C9H18NRu. The molecule has 1 aliphatic rings. The van der Waals surface area contributed by atoms with Crippen molar-refractivity contribution in [2.45, 2.75) is 39.7 Å². The average Bonchev–Trinajstić information content (AvgIpc) is 1.88. The van der Waals surface area contributed by atoms with Gasteiger partial charge in [0.1, 0.15) is 0 Å². The van der Waals surface area contributed by atoms with Crippen molar-refractivity contribution in [3.8, 4) is 0 Å². The Balaban J connectivity index is 0.000001000. The molecule has 1 nitrogen and oxygen atoms in total. The van der Waals surface area contributed by atoms with Gasteiger partial charge in [-0.15, -0.1) is 0 Å². The molecule has 0 bridgehead atoms. The van der Waals surface area contributed by atoms with Gasteiger partial charge in [-0.1, -0.05) is 0 Å². The van der Waals surface area contributed by atoms with E-state index in [4.69, 9.17) is 0 Å². The molecule has 0 spiro atoms. The monoisotopic (exact) mass is 242 g/mol. The fourth-order valence-corrected chi connectivity index (χ4v) is 1.42. The Morgan fingerprint density at radius 1 is 1.18 bits per heavy atom. The van der Waals surface area contributed by atoms with E-state index in [0.717, 1.165) is 6.04 Å². The third kappa shape index (κ3) is 3.67. The molecule has 67 valence electrons. The van der Waals surface area contributed by atoms with Crippen LogP contribution in [0, 0.1) is 5.92 Å². The SMILES string of the molecule is C[C-]1CCN(C(C)C)CC1.[Ru+]. The van der Waals surface area contributed by atoms with E-state index in [9.17, 15) is 0 Å². The van der Waals surface area contributed by atoms with E-state index in [-0.39, 0.29) is 19.5 Å². The van der Waals surface area contributed by atoms with Crippen molar-refractivity contribution in [1.29, 1.82) is 0 Å². The smallest absolute Gasteiger partial charge is 0.314 e.